The van der Waals surface area contributed by atoms with E-state index < -0.39 is 11.7 Å². The number of rotatable bonds is 6. The number of nitrogens with one attached hydrogen (secondary N) is 1. The van der Waals surface area contributed by atoms with Crippen LogP contribution in [-0.4, -0.2) is 31.1 Å². The Morgan fingerprint density at radius 2 is 1.79 bits per heavy atom. The summed E-state index contributed by atoms with van der Waals surface area (Å²) in [5.74, 6) is 0. The van der Waals surface area contributed by atoms with Crippen LogP contribution in [0.15, 0.2) is 24.3 Å². The second-order valence-corrected chi connectivity index (χ2v) is 5.92. The van der Waals surface area contributed by atoms with Crippen LogP contribution in [0.1, 0.15) is 49.8 Å². The van der Waals surface area contributed by atoms with Crippen molar-refractivity contribution >= 4 is 24.8 Å². The second kappa shape index (κ2) is 11.2. The molecule has 2 nitrogen and oxygen atoms in total. The molecule has 1 saturated heterocycles. The Labute approximate surface area is 155 Å². The lowest BCUT2D eigenvalue weighted by atomic mass is 9.96. The van der Waals surface area contributed by atoms with Crippen molar-refractivity contribution in [1.29, 1.82) is 0 Å². The van der Waals surface area contributed by atoms with Crippen LogP contribution in [0.5, 0.6) is 0 Å². The van der Waals surface area contributed by atoms with Crippen molar-refractivity contribution < 1.29 is 13.2 Å². The van der Waals surface area contributed by atoms with Gasteiger partial charge in [-0.05, 0) is 24.1 Å². The summed E-state index contributed by atoms with van der Waals surface area (Å²) >= 11 is 0. The molecule has 0 radical (unpaired) electrons. The summed E-state index contributed by atoms with van der Waals surface area (Å²) in [5.41, 5.74) is 0.258. The van der Waals surface area contributed by atoms with Gasteiger partial charge in [0.15, 0.2) is 0 Å². The number of piperazine rings is 1. The Morgan fingerprint density at radius 3 is 2.38 bits per heavy atom. The lowest BCUT2D eigenvalue weighted by Crippen LogP contribution is -2.45. The fourth-order valence-corrected chi connectivity index (χ4v) is 3.06. The minimum absolute atomic E-state index is 0. The molecule has 0 saturated carbocycles. The molecule has 1 fully saturated rings. The topological polar surface area (TPSA) is 15.3 Å². The number of halogens is 5. The molecule has 1 heterocycles. The summed E-state index contributed by atoms with van der Waals surface area (Å²) < 4.78 is 38.9. The number of unbranched alkanes of at least 4 members (excludes halogenated alkanes) is 2. The molecule has 1 aliphatic heterocycles. The van der Waals surface area contributed by atoms with Crippen LogP contribution in [0, 0.1) is 0 Å². The number of alkyl halides is 3. The standard InChI is InChI=1S/C17H25F3N2.2ClH/c1-2-3-4-8-16(22-11-9-21-10-12-22)14-6-5-7-15(13-14)17(18,19)20;;/h5-7,13,16,21H,2-4,8-12H2,1H3;2*1H/t16-;;/m1../s1. The summed E-state index contributed by atoms with van der Waals surface area (Å²) in [6, 6.07) is 5.96. The normalized spacial score (nSPS) is 16.8. The minimum atomic E-state index is -4.27. The highest BCUT2D eigenvalue weighted by Gasteiger charge is 2.31. The van der Waals surface area contributed by atoms with Gasteiger partial charge in [-0.1, -0.05) is 38.3 Å². The molecule has 0 amide bonds. The molecule has 0 spiro atoms. The maximum absolute atomic E-state index is 13.0. The summed E-state index contributed by atoms with van der Waals surface area (Å²) in [7, 11) is 0. The van der Waals surface area contributed by atoms with Gasteiger partial charge >= 0.3 is 6.18 Å². The first-order valence-corrected chi connectivity index (χ1v) is 8.14. The maximum Gasteiger partial charge on any atom is 0.416 e. The van der Waals surface area contributed by atoms with E-state index in [4.69, 9.17) is 0 Å². The molecule has 1 aromatic carbocycles. The van der Waals surface area contributed by atoms with E-state index in [9.17, 15) is 13.2 Å². The number of nitrogens with zero attached hydrogens (tertiary/aromatic N) is 1. The first-order chi connectivity index (χ1) is 10.5. The maximum atomic E-state index is 13.0. The summed E-state index contributed by atoms with van der Waals surface area (Å²) in [6.45, 7) is 5.75. The van der Waals surface area contributed by atoms with Crippen molar-refractivity contribution in [2.75, 3.05) is 26.2 Å². The Balaban J connectivity index is 0.00000264. The van der Waals surface area contributed by atoms with Crippen LogP contribution in [-0.2, 0) is 6.18 Å². The predicted molar refractivity (Wildman–Crippen MR) is 97.3 cm³/mol. The van der Waals surface area contributed by atoms with Gasteiger partial charge in [-0.3, -0.25) is 4.90 Å². The molecule has 1 aliphatic rings. The Bertz CT molecular complexity index is 463. The highest BCUT2D eigenvalue weighted by molar-refractivity contribution is 5.85. The zero-order valence-electron chi connectivity index (χ0n) is 13.9. The van der Waals surface area contributed by atoms with Gasteiger partial charge in [-0.25, -0.2) is 0 Å². The molecule has 1 atom stereocenters. The van der Waals surface area contributed by atoms with Crippen LogP contribution in [0.4, 0.5) is 13.2 Å². The molecule has 0 aromatic heterocycles. The van der Waals surface area contributed by atoms with Crippen molar-refractivity contribution in [3.63, 3.8) is 0 Å². The smallest absolute Gasteiger partial charge is 0.314 e. The zero-order valence-corrected chi connectivity index (χ0v) is 15.6. The molecule has 2 rings (SSSR count). The van der Waals surface area contributed by atoms with Gasteiger partial charge < -0.3 is 5.32 Å². The van der Waals surface area contributed by atoms with Gasteiger partial charge in [-0.15, -0.1) is 24.8 Å². The summed E-state index contributed by atoms with van der Waals surface area (Å²) in [5, 5.41) is 3.30. The molecule has 0 unspecified atom stereocenters. The van der Waals surface area contributed by atoms with Crippen molar-refractivity contribution in [2.45, 2.75) is 44.8 Å². The minimum Gasteiger partial charge on any atom is -0.314 e. The fraction of sp³-hybridized carbons (Fsp3) is 0.647. The number of hydrogen-bond donors (Lipinski definition) is 1. The second-order valence-electron chi connectivity index (χ2n) is 5.92. The Kier molecular flexibility index (Phi) is 11.0. The lowest BCUT2D eigenvalue weighted by molar-refractivity contribution is -0.137. The fourth-order valence-electron chi connectivity index (χ4n) is 3.06. The third-order valence-corrected chi connectivity index (χ3v) is 4.27. The van der Waals surface area contributed by atoms with E-state index in [2.05, 4.69) is 17.1 Å². The van der Waals surface area contributed by atoms with Gasteiger partial charge in [0.05, 0.1) is 5.56 Å². The zero-order chi connectivity index (χ0) is 16.0. The number of hydrogen-bond acceptors (Lipinski definition) is 2. The van der Waals surface area contributed by atoms with Crippen molar-refractivity contribution in [3.05, 3.63) is 35.4 Å². The monoisotopic (exact) mass is 386 g/mol. The molecular weight excluding hydrogens is 360 g/mol. The van der Waals surface area contributed by atoms with E-state index in [1.165, 1.54) is 12.1 Å². The van der Waals surface area contributed by atoms with E-state index in [0.29, 0.717) is 0 Å². The van der Waals surface area contributed by atoms with Gasteiger partial charge in [0.25, 0.3) is 0 Å². The van der Waals surface area contributed by atoms with Gasteiger partial charge in [0.1, 0.15) is 0 Å². The van der Waals surface area contributed by atoms with Gasteiger partial charge in [0, 0.05) is 32.2 Å². The average Bonchev–Trinajstić information content (AvgIpc) is 2.52. The van der Waals surface area contributed by atoms with Crippen LogP contribution in [0.25, 0.3) is 0 Å². The molecule has 7 heteroatoms. The highest BCUT2D eigenvalue weighted by atomic mass is 35.5. The molecule has 0 aliphatic carbocycles. The van der Waals surface area contributed by atoms with Gasteiger partial charge in [0.2, 0.25) is 0 Å². The van der Waals surface area contributed by atoms with Crippen molar-refractivity contribution in [2.24, 2.45) is 0 Å². The predicted octanol–water partition coefficient (Wildman–Crippen LogP) is 5.08. The van der Waals surface area contributed by atoms with E-state index in [-0.39, 0.29) is 30.9 Å². The van der Waals surface area contributed by atoms with Crippen molar-refractivity contribution in [3.8, 4) is 0 Å². The Hall–Kier alpha value is -0.490. The molecule has 1 N–H and O–H groups in total. The van der Waals surface area contributed by atoms with E-state index in [1.54, 1.807) is 0 Å². The highest BCUT2D eigenvalue weighted by Crippen LogP contribution is 2.33. The Morgan fingerprint density at radius 1 is 1.12 bits per heavy atom. The van der Waals surface area contributed by atoms with Crippen LogP contribution < -0.4 is 5.32 Å². The van der Waals surface area contributed by atoms with E-state index >= 15 is 0 Å². The number of benzene rings is 1. The van der Waals surface area contributed by atoms with Crippen molar-refractivity contribution in [1.82, 2.24) is 10.2 Å². The third-order valence-electron chi connectivity index (χ3n) is 4.27. The summed E-state index contributed by atoms with van der Waals surface area (Å²) in [4.78, 5) is 2.32. The largest absolute Gasteiger partial charge is 0.416 e. The SMILES string of the molecule is CCCCC[C@H](c1cccc(C(F)(F)F)c1)N1CCNCC1.Cl.Cl. The molecule has 0 bridgehead atoms. The summed E-state index contributed by atoms with van der Waals surface area (Å²) in [6.07, 6.45) is -0.0393. The molecule has 24 heavy (non-hydrogen) atoms. The van der Waals surface area contributed by atoms with Crippen LogP contribution >= 0.6 is 24.8 Å². The average molecular weight is 387 g/mol. The first kappa shape index (κ1) is 23.5. The van der Waals surface area contributed by atoms with E-state index in [1.807, 2.05) is 6.07 Å². The first-order valence-electron chi connectivity index (χ1n) is 8.14. The molecular formula is C17H27Cl2F3N2. The van der Waals surface area contributed by atoms with Gasteiger partial charge in [-0.2, -0.15) is 13.2 Å². The molecule has 1 aromatic rings. The third kappa shape index (κ3) is 6.79. The molecule has 140 valence electrons. The lowest BCUT2D eigenvalue weighted by Gasteiger charge is -2.35. The quantitative estimate of drug-likeness (QED) is 0.686. The van der Waals surface area contributed by atoms with E-state index in [0.717, 1.165) is 63.5 Å². The van der Waals surface area contributed by atoms with Crippen LogP contribution in [0.2, 0.25) is 0 Å². The van der Waals surface area contributed by atoms with Crippen LogP contribution in [0.3, 0.4) is 0 Å².